The highest BCUT2D eigenvalue weighted by Crippen LogP contribution is 2.40. The highest BCUT2D eigenvalue weighted by atomic mass is 16.3. The predicted octanol–water partition coefficient (Wildman–Crippen LogP) is 13.8. The first-order chi connectivity index (χ1) is 27.7. The second-order valence-electron chi connectivity index (χ2n) is 14.3. The summed E-state index contributed by atoms with van der Waals surface area (Å²) < 4.78 is 8.57. The molecule has 8 aromatic carbocycles. The van der Waals surface area contributed by atoms with Gasteiger partial charge >= 0.3 is 0 Å². The van der Waals surface area contributed by atoms with E-state index in [0.717, 1.165) is 88.7 Å². The Bertz CT molecular complexity index is 3370. The Morgan fingerprint density at radius 3 is 1.84 bits per heavy atom. The molecule has 0 bridgehead atoms. The zero-order chi connectivity index (χ0) is 37.2. The average molecular weight is 714 g/mol. The van der Waals surface area contributed by atoms with Gasteiger partial charge in [0.2, 0.25) is 0 Å². The Morgan fingerprint density at radius 2 is 1.04 bits per heavy atom. The SMILES string of the molecule is N#Cc1ccc(-c2nc(-c3cc(-c4ccc5oc6ccccc6c5c4)cc(-c4ccc5c(c4)c4ccccc4n5-c4ccccc4)c3)cc3ccccc23)cc1. The number of aromatic nitrogens is 2. The molecule has 0 aliphatic heterocycles. The number of rotatable bonds is 5. The van der Waals surface area contributed by atoms with Crippen molar-refractivity contribution >= 4 is 54.5 Å². The first-order valence-electron chi connectivity index (χ1n) is 18.7. The van der Waals surface area contributed by atoms with Crippen LogP contribution >= 0.6 is 0 Å². The molecule has 260 valence electrons. The Kier molecular flexibility index (Phi) is 7.20. The van der Waals surface area contributed by atoms with Gasteiger partial charge in [0.05, 0.1) is 34.1 Å². The number of para-hydroxylation sites is 3. The van der Waals surface area contributed by atoms with E-state index < -0.39 is 0 Å². The van der Waals surface area contributed by atoms with Gasteiger partial charge < -0.3 is 8.98 Å². The number of nitrogens with zero attached hydrogens (tertiary/aromatic N) is 3. The molecule has 0 amide bonds. The minimum Gasteiger partial charge on any atom is -0.456 e. The van der Waals surface area contributed by atoms with E-state index in [1.165, 1.54) is 16.3 Å². The molecule has 3 aromatic heterocycles. The molecular formula is C52H31N3O. The van der Waals surface area contributed by atoms with Crippen LogP contribution in [0.25, 0.3) is 105 Å². The molecule has 0 atom stereocenters. The third kappa shape index (κ3) is 5.18. The fourth-order valence-corrected chi connectivity index (χ4v) is 8.29. The summed E-state index contributed by atoms with van der Waals surface area (Å²) in [5, 5.41) is 16.3. The number of hydrogen-bond acceptors (Lipinski definition) is 3. The molecule has 0 fully saturated rings. The second-order valence-corrected chi connectivity index (χ2v) is 14.3. The van der Waals surface area contributed by atoms with Crippen LogP contribution in [-0.4, -0.2) is 9.55 Å². The molecule has 0 saturated heterocycles. The summed E-state index contributed by atoms with van der Waals surface area (Å²) in [6.07, 6.45) is 0. The van der Waals surface area contributed by atoms with E-state index in [1.54, 1.807) is 0 Å². The van der Waals surface area contributed by atoms with Crippen LogP contribution in [0.1, 0.15) is 5.56 Å². The van der Waals surface area contributed by atoms with Crippen molar-refractivity contribution in [3.63, 3.8) is 0 Å². The molecule has 4 heteroatoms. The maximum Gasteiger partial charge on any atom is 0.135 e. The van der Waals surface area contributed by atoms with Crippen LogP contribution in [0.2, 0.25) is 0 Å². The Morgan fingerprint density at radius 1 is 0.429 bits per heavy atom. The molecule has 0 aliphatic carbocycles. The van der Waals surface area contributed by atoms with Gasteiger partial charge in [-0.05, 0) is 113 Å². The van der Waals surface area contributed by atoms with Crippen molar-refractivity contribution in [3.8, 4) is 56.5 Å². The number of pyridine rings is 1. The molecule has 4 nitrogen and oxygen atoms in total. The van der Waals surface area contributed by atoms with Crippen molar-refractivity contribution in [2.75, 3.05) is 0 Å². The Balaban J connectivity index is 1.15. The summed E-state index contributed by atoms with van der Waals surface area (Å²) in [6.45, 7) is 0. The highest BCUT2D eigenvalue weighted by Gasteiger charge is 2.17. The summed E-state index contributed by atoms with van der Waals surface area (Å²) in [4.78, 5) is 5.38. The molecule has 56 heavy (non-hydrogen) atoms. The maximum absolute atomic E-state index is 9.49. The molecule has 0 radical (unpaired) electrons. The molecule has 3 heterocycles. The summed E-state index contributed by atoms with van der Waals surface area (Å²) in [7, 11) is 0. The zero-order valence-electron chi connectivity index (χ0n) is 30.1. The van der Waals surface area contributed by atoms with Crippen LogP contribution < -0.4 is 0 Å². The summed E-state index contributed by atoms with van der Waals surface area (Å²) >= 11 is 0. The van der Waals surface area contributed by atoms with Crippen LogP contribution in [0.3, 0.4) is 0 Å². The Labute approximate surface area is 322 Å². The third-order valence-electron chi connectivity index (χ3n) is 11.0. The van der Waals surface area contributed by atoms with Crippen LogP contribution in [0.15, 0.2) is 192 Å². The monoisotopic (exact) mass is 713 g/mol. The fraction of sp³-hybridized carbons (Fsp3) is 0. The van der Waals surface area contributed by atoms with Gasteiger partial charge in [0, 0.05) is 43.7 Å². The molecule has 11 aromatic rings. The summed E-state index contributed by atoms with van der Waals surface area (Å²) in [5.41, 5.74) is 14.0. The van der Waals surface area contributed by atoms with Gasteiger partial charge in [-0.2, -0.15) is 5.26 Å². The van der Waals surface area contributed by atoms with Gasteiger partial charge in [-0.25, -0.2) is 4.98 Å². The smallest absolute Gasteiger partial charge is 0.135 e. The van der Waals surface area contributed by atoms with E-state index in [2.05, 4.69) is 162 Å². The molecule has 0 aliphatic rings. The molecule has 0 saturated carbocycles. The van der Waals surface area contributed by atoms with Crippen molar-refractivity contribution < 1.29 is 4.42 Å². The van der Waals surface area contributed by atoms with Crippen molar-refractivity contribution in [3.05, 3.63) is 194 Å². The van der Waals surface area contributed by atoms with E-state index in [9.17, 15) is 5.26 Å². The number of hydrogen-bond donors (Lipinski definition) is 0. The van der Waals surface area contributed by atoms with E-state index in [4.69, 9.17) is 9.40 Å². The molecular weight excluding hydrogens is 683 g/mol. The van der Waals surface area contributed by atoms with Gasteiger partial charge in [-0.3, -0.25) is 0 Å². The van der Waals surface area contributed by atoms with Crippen LogP contribution in [-0.2, 0) is 0 Å². The molecule has 11 rings (SSSR count). The van der Waals surface area contributed by atoms with Gasteiger partial charge in [0.15, 0.2) is 0 Å². The summed E-state index contributed by atoms with van der Waals surface area (Å²) in [5.74, 6) is 0. The molecule has 0 unspecified atom stereocenters. The average Bonchev–Trinajstić information content (AvgIpc) is 3.81. The number of furan rings is 1. The standard InChI is InChI=1S/C52H31N3O/c53-32-33-18-20-34(21-19-33)52-42-13-5-4-10-37(42)31-47(54-52)40-27-38(26-39(28-40)36-23-25-51-46(30-36)44-15-7-9-17-50(44)56-51)35-22-24-49-45(29-35)43-14-6-8-16-48(43)55(49)41-11-2-1-3-12-41/h1-31H. The van der Waals surface area contributed by atoms with Gasteiger partial charge in [0.1, 0.15) is 11.2 Å². The lowest BCUT2D eigenvalue weighted by Crippen LogP contribution is -1.93. The summed E-state index contributed by atoms with van der Waals surface area (Å²) in [6, 6.07) is 68.1. The van der Waals surface area contributed by atoms with Crippen LogP contribution in [0.4, 0.5) is 0 Å². The molecule has 0 spiro atoms. The van der Waals surface area contributed by atoms with Crippen molar-refractivity contribution in [1.29, 1.82) is 5.26 Å². The van der Waals surface area contributed by atoms with Crippen molar-refractivity contribution in [2.24, 2.45) is 0 Å². The minimum atomic E-state index is 0.623. The predicted molar refractivity (Wildman–Crippen MR) is 230 cm³/mol. The number of nitriles is 1. The molecule has 0 N–H and O–H groups in total. The number of fused-ring (bicyclic) bond motifs is 7. The van der Waals surface area contributed by atoms with E-state index >= 15 is 0 Å². The lowest BCUT2D eigenvalue weighted by molar-refractivity contribution is 0.669. The van der Waals surface area contributed by atoms with Crippen LogP contribution in [0, 0.1) is 11.3 Å². The van der Waals surface area contributed by atoms with E-state index in [1.807, 2.05) is 36.4 Å². The van der Waals surface area contributed by atoms with E-state index in [-0.39, 0.29) is 0 Å². The first-order valence-corrected chi connectivity index (χ1v) is 18.7. The minimum absolute atomic E-state index is 0.623. The highest BCUT2D eigenvalue weighted by molar-refractivity contribution is 6.11. The second kappa shape index (κ2) is 12.7. The number of benzene rings is 8. The van der Waals surface area contributed by atoms with Gasteiger partial charge in [-0.15, -0.1) is 0 Å². The van der Waals surface area contributed by atoms with E-state index in [0.29, 0.717) is 5.56 Å². The lowest BCUT2D eigenvalue weighted by atomic mass is 9.92. The fourth-order valence-electron chi connectivity index (χ4n) is 8.29. The van der Waals surface area contributed by atoms with Crippen molar-refractivity contribution in [1.82, 2.24) is 9.55 Å². The lowest BCUT2D eigenvalue weighted by Gasteiger charge is -2.14. The van der Waals surface area contributed by atoms with Crippen molar-refractivity contribution in [2.45, 2.75) is 0 Å². The topological polar surface area (TPSA) is 54.8 Å². The maximum atomic E-state index is 9.49. The van der Waals surface area contributed by atoms with Crippen LogP contribution in [0.5, 0.6) is 0 Å². The largest absolute Gasteiger partial charge is 0.456 e. The van der Waals surface area contributed by atoms with Gasteiger partial charge in [0.25, 0.3) is 0 Å². The normalized spacial score (nSPS) is 11.6. The third-order valence-corrected chi connectivity index (χ3v) is 11.0. The first kappa shape index (κ1) is 31.8. The Hall–Kier alpha value is -7.74. The quantitative estimate of drug-likeness (QED) is 0.178. The van der Waals surface area contributed by atoms with Gasteiger partial charge in [-0.1, -0.05) is 103 Å². The zero-order valence-corrected chi connectivity index (χ0v) is 30.1.